The highest BCUT2D eigenvalue weighted by Crippen LogP contribution is 2.24. The first-order chi connectivity index (χ1) is 13.5. The molecule has 7 nitrogen and oxygen atoms in total. The highest BCUT2D eigenvalue weighted by Gasteiger charge is 2.27. The van der Waals surface area contributed by atoms with Gasteiger partial charge >= 0.3 is 0 Å². The van der Waals surface area contributed by atoms with E-state index in [-0.39, 0.29) is 11.9 Å². The van der Waals surface area contributed by atoms with Crippen LogP contribution in [0.15, 0.2) is 42.6 Å². The van der Waals surface area contributed by atoms with Gasteiger partial charge in [-0.3, -0.25) is 14.8 Å². The van der Waals surface area contributed by atoms with Crippen molar-refractivity contribution in [3.8, 4) is 0 Å². The van der Waals surface area contributed by atoms with Gasteiger partial charge in [0.1, 0.15) is 5.82 Å². The lowest BCUT2D eigenvalue weighted by Gasteiger charge is -2.18. The van der Waals surface area contributed by atoms with Crippen LogP contribution in [0.4, 0.5) is 5.82 Å². The van der Waals surface area contributed by atoms with Crippen LogP contribution in [0.5, 0.6) is 0 Å². The van der Waals surface area contributed by atoms with Gasteiger partial charge in [-0.05, 0) is 48.4 Å². The lowest BCUT2D eigenvalue weighted by atomic mass is 10.2. The summed E-state index contributed by atoms with van der Waals surface area (Å²) in [6.07, 6.45) is 4.98. The van der Waals surface area contributed by atoms with Crippen LogP contribution >= 0.6 is 23.2 Å². The van der Waals surface area contributed by atoms with Gasteiger partial charge in [0.2, 0.25) is 0 Å². The maximum Gasteiger partial charge on any atom is 0.267 e. The molecule has 0 unspecified atom stereocenters. The van der Waals surface area contributed by atoms with Crippen LogP contribution in [0.25, 0.3) is 6.08 Å². The summed E-state index contributed by atoms with van der Waals surface area (Å²) in [5.41, 5.74) is 2.72. The first-order valence-electron chi connectivity index (χ1n) is 8.55. The molecule has 2 amide bonds. The Morgan fingerprint density at radius 2 is 2.00 bits per heavy atom. The van der Waals surface area contributed by atoms with Crippen LogP contribution < -0.4 is 10.8 Å². The predicted molar refractivity (Wildman–Crippen MR) is 108 cm³/mol. The number of carbonyl (C=O) groups is 2. The number of carbonyl (C=O) groups excluding carboxylic acids is 2. The van der Waals surface area contributed by atoms with E-state index in [9.17, 15) is 9.59 Å². The van der Waals surface area contributed by atoms with Crippen LogP contribution in [-0.2, 0) is 4.79 Å². The molecule has 1 aromatic carbocycles. The summed E-state index contributed by atoms with van der Waals surface area (Å²) in [6, 6.07) is 8.52. The summed E-state index contributed by atoms with van der Waals surface area (Å²) < 4.78 is 0. The maximum atomic E-state index is 12.6. The number of hydrogen-bond donors (Lipinski definition) is 3. The standard InChI is InChI=1S/C19H18Cl2N4O3/c20-14-4-2-13(3-5-14)19(27)25-8-7-15(11-25)23-18-16(21)9-12(10-22-18)1-6-17(26)24-28/h1-6,9-10,15,28H,7-8,11H2,(H,22,23)(H,24,26)/b6-1+/t15-/m1/s1. The van der Waals surface area contributed by atoms with Crippen molar-refractivity contribution in [3.63, 3.8) is 0 Å². The van der Waals surface area contributed by atoms with Gasteiger partial charge in [0.05, 0.1) is 5.02 Å². The number of amides is 2. The van der Waals surface area contributed by atoms with Gasteiger partial charge in [-0.2, -0.15) is 0 Å². The molecule has 28 heavy (non-hydrogen) atoms. The van der Waals surface area contributed by atoms with Gasteiger partial charge in [0.15, 0.2) is 0 Å². The van der Waals surface area contributed by atoms with Crippen molar-refractivity contribution in [3.05, 3.63) is 63.8 Å². The van der Waals surface area contributed by atoms with Crippen molar-refractivity contribution in [1.82, 2.24) is 15.4 Å². The zero-order valence-corrected chi connectivity index (χ0v) is 16.2. The van der Waals surface area contributed by atoms with Crippen molar-refractivity contribution in [2.45, 2.75) is 12.5 Å². The average molecular weight is 421 g/mol. The molecule has 1 aliphatic heterocycles. The Labute approximate surface area is 171 Å². The molecule has 1 aromatic heterocycles. The van der Waals surface area contributed by atoms with Crippen molar-refractivity contribution in [2.75, 3.05) is 18.4 Å². The van der Waals surface area contributed by atoms with Crippen molar-refractivity contribution >= 4 is 46.9 Å². The van der Waals surface area contributed by atoms with Gasteiger partial charge in [0.25, 0.3) is 11.8 Å². The number of nitrogens with one attached hydrogen (secondary N) is 2. The molecule has 0 radical (unpaired) electrons. The van der Waals surface area contributed by atoms with Gasteiger partial charge < -0.3 is 10.2 Å². The number of anilines is 1. The second-order valence-corrected chi connectivity index (χ2v) is 7.14. The van der Waals surface area contributed by atoms with Crippen LogP contribution in [0.3, 0.4) is 0 Å². The highest BCUT2D eigenvalue weighted by atomic mass is 35.5. The first-order valence-corrected chi connectivity index (χ1v) is 9.31. The van der Waals surface area contributed by atoms with Crippen molar-refractivity contribution in [1.29, 1.82) is 0 Å². The van der Waals surface area contributed by atoms with E-state index in [0.29, 0.717) is 40.1 Å². The van der Waals surface area contributed by atoms with Crippen LogP contribution in [0.1, 0.15) is 22.3 Å². The molecule has 1 aliphatic rings. The Morgan fingerprint density at radius 1 is 1.25 bits per heavy atom. The van der Waals surface area contributed by atoms with Crippen molar-refractivity contribution < 1.29 is 14.8 Å². The average Bonchev–Trinajstić information content (AvgIpc) is 3.16. The molecular weight excluding hydrogens is 403 g/mol. The van der Waals surface area contributed by atoms with E-state index in [4.69, 9.17) is 28.4 Å². The van der Waals surface area contributed by atoms with E-state index in [0.717, 1.165) is 12.5 Å². The van der Waals surface area contributed by atoms with Crippen LogP contribution in [0.2, 0.25) is 10.0 Å². The minimum absolute atomic E-state index is 0.0304. The number of nitrogens with zero attached hydrogens (tertiary/aromatic N) is 2. The lowest BCUT2D eigenvalue weighted by Crippen LogP contribution is -2.31. The van der Waals surface area contributed by atoms with E-state index < -0.39 is 5.91 Å². The first kappa shape index (κ1) is 20.1. The fraction of sp³-hybridized carbons (Fsp3) is 0.211. The zero-order chi connectivity index (χ0) is 20.1. The molecule has 2 heterocycles. The molecule has 3 rings (SSSR count). The second-order valence-electron chi connectivity index (χ2n) is 6.30. The Morgan fingerprint density at radius 3 is 2.68 bits per heavy atom. The molecule has 1 saturated heterocycles. The Bertz CT molecular complexity index is 903. The Hall–Kier alpha value is -2.61. The molecule has 0 aliphatic carbocycles. The Kier molecular flexibility index (Phi) is 6.51. The SMILES string of the molecule is O=C(/C=C/c1cnc(N[C@@H]2CCN(C(=O)c3ccc(Cl)cc3)C2)c(Cl)c1)NO. The van der Waals surface area contributed by atoms with E-state index in [2.05, 4.69) is 10.3 Å². The number of hydrogen-bond acceptors (Lipinski definition) is 5. The molecule has 3 N–H and O–H groups in total. The van der Waals surface area contributed by atoms with E-state index in [1.54, 1.807) is 41.4 Å². The third-order valence-corrected chi connectivity index (χ3v) is 4.85. The topological polar surface area (TPSA) is 94.6 Å². The summed E-state index contributed by atoms with van der Waals surface area (Å²) >= 11 is 12.1. The minimum atomic E-state index is -0.644. The molecule has 1 atom stereocenters. The normalized spacial score (nSPS) is 16.4. The summed E-state index contributed by atoms with van der Waals surface area (Å²) in [5, 5.41) is 12.7. The smallest absolute Gasteiger partial charge is 0.267 e. The monoisotopic (exact) mass is 420 g/mol. The molecule has 1 fully saturated rings. The van der Waals surface area contributed by atoms with Gasteiger partial charge in [0, 0.05) is 42.0 Å². The molecular formula is C19H18Cl2N4O3. The maximum absolute atomic E-state index is 12.6. The lowest BCUT2D eigenvalue weighted by molar-refractivity contribution is -0.124. The van der Waals surface area contributed by atoms with E-state index >= 15 is 0 Å². The highest BCUT2D eigenvalue weighted by molar-refractivity contribution is 6.33. The molecule has 0 spiro atoms. The van der Waals surface area contributed by atoms with Gasteiger partial charge in [-0.1, -0.05) is 23.2 Å². The predicted octanol–water partition coefficient (Wildman–Crippen LogP) is 3.23. The summed E-state index contributed by atoms with van der Waals surface area (Å²) in [4.78, 5) is 29.6. The quantitative estimate of drug-likeness (QED) is 0.392. The van der Waals surface area contributed by atoms with Crippen molar-refractivity contribution in [2.24, 2.45) is 0 Å². The van der Waals surface area contributed by atoms with Gasteiger partial charge in [-0.15, -0.1) is 0 Å². The number of halogens is 2. The fourth-order valence-electron chi connectivity index (χ4n) is 2.89. The zero-order valence-electron chi connectivity index (χ0n) is 14.7. The number of benzene rings is 1. The molecule has 0 saturated carbocycles. The van der Waals surface area contributed by atoms with Gasteiger partial charge in [-0.25, -0.2) is 10.5 Å². The number of aromatic nitrogens is 1. The molecule has 2 aromatic rings. The largest absolute Gasteiger partial charge is 0.364 e. The minimum Gasteiger partial charge on any atom is -0.364 e. The number of likely N-dealkylation sites (tertiary alicyclic amines) is 1. The number of rotatable bonds is 5. The second kappa shape index (κ2) is 9.05. The molecule has 0 bridgehead atoms. The van der Waals surface area contributed by atoms with E-state index in [1.165, 1.54) is 11.6 Å². The molecule has 9 heteroatoms. The Balaban J connectivity index is 1.60. The van der Waals surface area contributed by atoms with E-state index in [1.807, 2.05) is 0 Å². The van der Waals surface area contributed by atoms with Crippen LogP contribution in [-0.4, -0.2) is 46.0 Å². The molecule has 146 valence electrons. The summed E-state index contributed by atoms with van der Waals surface area (Å²) in [5.74, 6) is -0.173. The third kappa shape index (κ3) is 5.01. The van der Waals surface area contributed by atoms with Crippen LogP contribution in [0, 0.1) is 0 Å². The summed E-state index contributed by atoms with van der Waals surface area (Å²) in [7, 11) is 0. The number of pyridine rings is 1. The number of hydroxylamine groups is 1. The fourth-order valence-corrected chi connectivity index (χ4v) is 3.25. The third-order valence-electron chi connectivity index (χ3n) is 4.31. The summed E-state index contributed by atoms with van der Waals surface area (Å²) in [6.45, 7) is 1.17.